The molecule has 1 aliphatic heterocycles. The molecule has 0 atom stereocenters. The van der Waals surface area contributed by atoms with Gasteiger partial charge in [0.2, 0.25) is 16.0 Å². The summed E-state index contributed by atoms with van der Waals surface area (Å²) in [5, 5.41) is 5.52. The van der Waals surface area contributed by atoms with Gasteiger partial charge in [-0.15, -0.1) is 0 Å². The van der Waals surface area contributed by atoms with Gasteiger partial charge in [0.25, 0.3) is 5.91 Å². The second kappa shape index (κ2) is 11.4. The van der Waals surface area contributed by atoms with Crippen LogP contribution in [-0.2, 0) is 22.7 Å². The maximum Gasteiger partial charge on any atom is 0.421 e. The molecule has 1 saturated heterocycles. The van der Waals surface area contributed by atoms with E-state index in [4.69, 9.17) is 0 Å². The van der Waals surface area contributed by atoms with Crippen molar-refractivity contribution in [3.05, 3.63) is 65.5 Å². The van der Waals surface area contributed by atoms with Gasteiger partial charge in [-0.3, -0.25) is 9.10 Å². The number of hydrogen-bond donors (Lipinski definition) is 2. The standard InChI is InChI=1S/C25H28F3N7O3S/c1-34(39(2,37)38)22-18(9-7-11-29-22)15-30-21-20(25(26,27)28)16-31-24(33-21)32-19-10-6-8-17(14-19)23(36)35-12-4-3-5-13-35/h6-11,14,16H,3-5,12-13,15H2,1-2H3,(H2,30,31,32,33). The summed E-state index contributed by atoms with van der Waals surface area (Å²) in [6.07, 6.45) is 1.28. The zero-order valence-corrected chi connectivity index (χ0v) is 22.2. The Morgan fingerprint density at radius 2 is 1.85 bits per heavy atom. The summed E-state index contributed by atoms with van der Waals surface area (Å²) in [5.74, 6) is -0.658. The molecule has 4 rings (SSSR count). The first-order valence-corrected chi connectivity index (χ1v) is 14.0. The lowest BCUT2D eigenvalue weighted by atomic mass is 10.1. The predicted octanol–water partition coefficient (Wildman–Crippen LogP) is 4.27. The van der Waals surface area contributed by atoms with Gasteiger partial charge in [0.05, 0.1) is 6.26 Å². The number of likely N-dealkylation sites (tertiary alicyclic amines) is 1. The van der Waals surface area contributed by atoms with Gasteiger partial charge in [0.1, 0.15) is 17.2 Å². The van der Waals surface area contributed by atoms with Crippen molar-refractivity contribution in [3.63, 3.8) is 0 Å². The minimum Gasteiger partial charge on any atom is -0.365 e. The molecule has 0 aliphatic carbocycles. The predicted molar refractivity (Wildman–Crippen MR) is 141 cm³/mol. The van der Waals surface area contributed by atoms with Crippen molar-refractivity contribution in [2.75, 3.05) is 41.3 Å². The van der Waals surface area contributed by atoms with Crippen molar-refractivity contribution in [3.8, 4) is 0 Å². The van der Waals surface area contributed by atoms with Crippen molar-refractivity contribution in [2.45, 2.75) is 32.0 Å². The van der Waals surface area contributed by atoms with E-state index in [1.807, 2.05) is 0 Å². The Balaban J connectivity index is 1.57. The Kier molecular flexibility index (Phi) is 8.23. The van der Waals surface area contributed by atoms with Crippen molar-refractivity contribution in [1.82, 2.24) is 19.9 Å². The fourth-order valence-corrected chi connectivity index (χ4v) is 4.59. The summed E-state index contributed by atoms with van der Waals surface area (Å²) < 4.78 is 66.1. The maximum absolute atomic E-state index is 13.7. The van der Waals surface area contributed by atoms with Crippen LogP contribution in [-0.4, -0.2) is 60.6 Å². The number of piperidine rings is 1. The highest BCUT2D eigenvalue weighted by molar-refractivity contribution is 7.92. The van der Waals surface area contributed by atoms with Crippen molar-refractivity contribution in [2.24, 2.45) is 0 Å². The lowest BCUT2D eigenvalue weighted by Crippen LogP contribution is -2.35. The fourth-order valence-electron chi connectivity index (χ4n) is 4.11. The van der Waals surface area contributed by atoms with E-state index < -0.39 is 27.6 Å². The van der Waals surface area contributed by atoms with Crippen LogP contribution in [0.15, 0.2) is 48.8 Å². The number of nitrogens with zero attached hydrogens (tertiary/aromatic N) is 5. The van der Waals surface area contributed by atoms with Gasteiger partial charge < -0.3 is 15.5 Å². The second-order valence-electron chi connectivity index (χ2n) is 9.08. The van der Waals surface area contributed by atoms with Gasteiger partial charge in [0.15, 0.2) is 0 Å². The van der Waals surface area contributed by atoms with Crippen LogP contribution in [0, 0.1) is 0 Å². The van der Waals surface area contributed by atoms with E-state index in [2.05, 4.69) is 25.6 Å². The summed E-state index contributed by atoms with van der Waals surface area (Å²) in [4.78, 5) is 26.6. The molecule has 1 fully saturated rings. The third-order valence-electron chi connectivity index (χ3n) is 6.21. The van der Waals surface area contributed by atoms with Gasteiger partial charge in [-0.1, -0.05) is 12.1 Å². The normalized spacial score (nSPS) is 14.1. The summed E-state index contributed by atoms with van der Waals surface area (Å²) in [7, 11) is -2.35. The average molecular weight is 564 g/mol. The van der Waals surface area contributed by atoms with Crippen LogP contribution in [0.25, 0.3) is 0 Å². The highest BCUT2D eigenvalue weighted by Gasteiger charge is 2.35. The van der Waals surface area contributed by atoms with Crippen LogP contribution in [0.2, 0.25) is 0 Å². The lowest BCUT2D eigenvalue weighted by Gasteiger charge is -2.26. The number of pyridine rings is 1. The van der Waals surface area contributed by atoms with Crippen molar-refractivity contribution >= 4 is 39.2 Å². The monoisotopic (exact) mass is 563 g/mol. The van der Waals surface area contributed by atoms with Gasteiger partial charge in [0, 0.05) is 55.9 Å². The number of amides is 1. The first-order valence-electron chi connectivity index (χ1n) is 12.2. The Bertz CT molecular complexity index is 1440. The number of alkyl halides is 3. The van der Waals surface area contributed by atoms with Gasteiger partial charge >= 0.3 is 6.18 Å². The number of sulfonamides is 1. The van der Waals surface area contributed by atoms with Crippen LogP contribution < -0.4 is 14.9 Å². The first-order chi connectivity index (χ1) is 18.4. The Labute approximate surface area is 224 Å². The highest BCUT2D eigenvalue weighted by Crippen LogP contribution is 2.34. The van der Waals surface area contributed by atoms with Gasteiger partial charge in [-0.25, -0.2) is 18.4 Å². The number of benzene rings is 1. The van der Waals surface area contributed by atoms with E-state index in [1.165, 1.54) is 13.2 Å². The zero-order chi connectivity index (χ0) is 28.2. The number of carbonyl (C=O) groups excluding carboxylic acids is 1. The van der Waals surface area contributed by atoms with Gasteiger partial charge in [-0.05, 0) is 43.5 Å². The van der Waals surface area contributed by atoms with Crippen LogP contribution >= 0.6 is 0 Å². The quantitative estimate of drug-likeness (QED) is 0.417. The smallest absolute Gasteiger partial charge is 0.365 e. The van der Waals surface area contributed by atoms with Crippen LogP contribution in [0.3, 0.4) is 0 Å². The number of nitrogens with one attached hydrogen (secondary N) is 2. The average Bonchev–Trinajstić information content (AvgIpc) is 2.91. The van der Waals surface area contributed by atoms with E-state index >= 15 is 0 Å². The number of anilines is 4. The molecular formula is C25H28F3N7O3S. The molecule has 0 unspecified atom stereocenters. The Morgan fingerprint density at radius 1 is 1.10 bits per heavy atom. The Hall–Kier alpha value is -3.94. The van der Waals surface area contributed by atoms with E-state index in [0.717, 1.165) is 29.8 Å². The molecule has 1 aliphatic rings. The van der Waals surface area contributed by atoms with E-state index in [1.54, 1.807) is 41.3 Å². The topological polar surface area (TPSA) is 120 Å². The molecule has 0 bridgehead atoms. The number of rotatable bonds is 8. The third-order valence-corrected chi connectivity index (χ3v) is 7.38. The summed E-state index contributed by atoms with van der Waals surface area (Å²) >= 11 is 0. The highest BCUT2D eigenvalue weighted by atomic mass is 32.2. The number of carbonyl (C=O) groups is 1. The summed E-state index contributed by atoms with van der Waals surface area (Å²) in [5.41, 5.74) is 0.138. The molecular weight excluding hydrogens is 535 g/mol. The minimum absolute atomic E-state index is 0.0728. The Morgan fingerprint density at radius 3 is 2.54 bits per heavy atom. The van der Waals surface area contributed by atoms with Crippen LogP contribution in [0.1, 0.15) is 40.7 Å². The van der Waals surface area contributed by atoms with Crippen LogP contribution in [0.5, 0.6) is 0 Å². The van der Waals surface area contributed by atoms with E-state index in [9.17, 15) is 26.4 Å². The molecule has 39 heavy (non-hydrogen) atoms. The SMILES string of the molecule is CN(c1ncccc1CNc1nc(Nc2cccc(C(=O)N3CCCCC3)c2)ncc1C(F)(F)F)S(C)(=O)=O. The first kappa shape index (κ1) is 28.1. The van der Waals surface area contributed by atoms with Crippen molar-refractivity contribution < 1.29 is 26.4 Å². The molecule has 14 heteroatoms. The lowest BCUT2D eigenvalue weighted by molar-refractivity contribution is -0.137. The van der Waals surface area contributed by atoms with E-state index in [0.29, 0.717) is 36.1 Å². The third kappa shape index (κ3) is 6.93. The van der Waals surface area contributed by atoms with Gasteiger partial charge in [-0.2, -0.15) is 18.2 Å². The molecule has 208 valence electrons. The molecule has 0 saturated carbocycles. The molecule has 1 aromatic carbocycles. The molecule has 0 radical (unpaired) electrons. The van der Waals surface area contributed by atoms with E-state index in [-0.39, 0.29) is 24.2 Å². The fraction of sp³-hybridized carbons (Fsp3) is 0.360. The number of halogens is 3. The van der Waals surface area contributed by atoms with Crippen molar-refractivity contribution in [1.29, 1.82) is 0 Å². The largest absolute Gasteiger partial charge is 0.421 e. The molecule has 3 aromatic rings. The molecule has 2 N–H and O–H groups in total. The maximum atomic E-state index is 13.7. The van der Waals surface area contributed by atoms with Crippen LogP contribution in [0.4, 0.5) is 36.4 Å². The molecule has 3 heterocycles. The minimum atomic E-state index is -4.75. The molecule has 10 nitrogen and oxygen atoms in total. The summed E-state index contributed by atoms with van der Waals surface area (Å²) in [6, 6.07) is 9.71. The molecule has 2 aromatic heterocycles. The number of hydrogen-bond acceptors (Lipinski definition) is 8. The summed E-state index contributed by atoms with van der Waals surface area (Å²) in [6.45, 7) is 1.18. The molecule has 0 spiro atoms. The molecule has 1 amide bonds. The zero-order valence-electron chi connectivity index (χ0n) is 21.4. The number of aromatic nitrogens is 3. The second-order valence-corrected chi connectivity index (χ2v) is 11.1.